The van der Waals surface area contributed by atoms with Gasteiger partial charge in [0.15, 0.2) is 0 Å². The lowest BCUT2D eigenvalue weighted by Crippen LogP contribution is -2.22. The first-order valence-electron chi connectivity index (χ1n) is 7.64. The van der Waals surface area contributed by atoms with Crippen molar-refractivity contribution in [3.63, 3.8) is 0 Å². The number of aryl methyl sites for hydroxylation is 1. The topological polar surface area (TPSA) is 42.0 Å². The average Bonchev–Trinajstić information content (AvgIpc) is 2.95. The van der Waals surface area contributed by atoms with E-state index < -0.39 is 0 Å². The summed E-state index contributed by atoms with van der Waals surface area (Å²) in [6.07, 6.45) is 0.747. The second-order valence-corrected chi connectivity index (χ2v) is 7.01. The Bertz CT molecular complexity index is 828. The van der Waals surface area contributed by atoms with Crippen LogP contribution in [0.3, 0.4) is 0 Å². The van der Waals surface area contributed by atoms with Gasteiger partial charge in [0, 0.05) is 18.0 Å². The third kappa shape index (κ3) is 4.22. The molecule has 1 heterocycles. The van der Waals surface area contributed by atoms with Crippen molar-refractivity contribution < 1.29 is 4.79 Å². The number of carbonyl (C=O) groups excluding carboxylic acids is 1. The molecule has 3 nitrogen and oxygen atoms in total. The molecular formula is C19H17ClN2OS. The predicted molar refractivity (Wildman–Crippen MR) is 98.7 cm³/mol. The van der Waals surface area contributed by atoms with Crippen LogP contribution >= 0.6 is 22.9 Å². The number of amides is 1. The number of thiazole rings is 1. The number of halogens is 1. The monoisotopic (exact) mass is 356 g/mol. The molecule has 0 atom stereocenters. The lowest BCUT2D eigenvalue weighted by molar-refractivity contribution is 0.0954. The van der Waals surface area contributed by atoms with Gasteiger partial charge in [0.05, 0.1) is 10.7 Å². The van der Waals surface area contributed by atoms with Gasteiger partial charge in [-0.1, -0.05) is 54.1 Å². The lowest BCUT2D eigenvalue weighted by atomic mass is 10.2. The Labute approximate surface area is 150 Å². The predicted octanol–water partition coefficient (Wildman–Crippen LogP) is 4.63. The summed E-state index contributed by atoms with van der Waals surface area (Å²) in [7, 11) is 0. The lowest BCUT2D eigenvalue weighted by Gasteiger charge is -2.04. The molecule has 0 fully saturated rings. The number of carbonyl (C=O) groups is 1. The molecule has 1 amide bonds. The molecule has 0 aliphatic heterocycles. The Balaban J connectivity index is 1.65. The smallest absolute Gasteiger partial charge is 0.263 e. The molecule has 24 heavy (non-hydrogen) atoms. The molecule has 0 aliphatic rings. The Kier molecular flexibility index (Phi) is 5.28. The van der Waals surface area contributed by atoms with Crippen molar-refractivity contribution in [2.24, 2.45) is 0 Å². The van der Waals surface area contributed by atoms with Gasteiger partial charge < -0.3 is 5.32 Å². The zero-order valence-corrected chi connectivity index (χ0v) is 14.8. The van der Waals surface area contributed by atoms with E-state index in [9.17, 15) is 4.79 Å². The highest BCUT2D eigenvalue weighted by Crippen LogP contribution is 2.21. The third-order valence-corrected chi connectivity index (χ3v) is 5.02. The molecule has 3 rings (SSSR count). The zero-order chi connectivity index (χ0) is 16.9. The highest BCUT2D eigenvalue weighted by molar-refractivity contribution is 7.13. The molecule has 1 aromatic heterocycles. The largest absolute Gasteiger partial charge is 0.347 e. The van der Waals surface area contributed by atoms with Gasteiger partial charge in [-0.05, 0) is 30.2 Å². The van der Waals surface area contributed by atoms with E-state index in [-0.39, 0.29) is 5.91 Å². The van der Waals surface area contributed by atoms with Gasteiger partial charge in [-0.25, -0.2) is 4.98 Å². The van der Waals surface area contributed by atoms with E-state index in [1.807, 2.05) is 49.4 Å². The minimum absolute atomic E-state index is 0.0840. The summed E-state index contributed by atoms with van der Waals surface area (Å²) in [5, 5.41) is 4.58. The van der Waals surface area contributed by atoms with Crippen LogP contribution < -0.4 is 5.32 Å². The molecule has 0 unspecified atom stereocenters. The number of aromatic nitrogens is 1. The molecule has 0 saturated carbocycles. The van der Waals surface area contributed by atoms with E-state index in [2.05, 4.69) is 22.4 Å². The van der Waals surface area contributed by atoms with Crippen molar-refractivity contribution in [3.8, 4) is 0 Å². The van der Waals surface area contributed by atoms with Crippen LogP contribution in [0.1, 0.15) is 31.5 Å². The SMILES string of the molecule is Cc1nc(Cc2ccccc2)sc1C(=O)NCc1ccc(Cl)cc1. The summed E-state index contributed by atoms with van der Waals surface area (Å²) >= 11 is 7.32. The molecule has 0 aliphatic carbocycles. The molecule has 0 saturated heterocycles. The molecule has 2 aromatic carbocycles. The molecular weight excluding hydrogens is 340 g/mol. The van der Waals surface area contributed by atoms with Crippen molar-refractivity contribution in [2.75, 3.05) is 0 Å². The van der Waals surface area contributed by atoms with Crippen LogP contribution in [-0.2, 0) is 13.0 Å². The summed E-state index contributed by atoms with van der Waals surface area (Å²) in [6.45, 7) is 2.35. The van der Waals surface area contributed by atoms with Crippen LogP contribution in [-0.4, -0.2) is 10.9 Å². The first-order valence-corrected chi connectivity index (χ1v) is 8.84. The summed E-state index contributed by atoms with van der Waals surface area (Å²) in [4.78, 5) is 17.6. The number of nitrogens with zero attached hydrogens (tertiary/aromatic N) is 1. The van der Waals surface area contributed by atoms with E-state index in [4.69, 9.17) is 11.6 Å². The molecule has 3 aromatic rings. The first-order chi connectivity index (χ1) is 11.6. The summed E-state index contributed by atoms with van der Waals surface area (Å²) in [5.41, 5.74) is 2.98. The fraction of sp³-hybridized carbons (Fsp3) is 0.158. The maximum atomic E-state index is 12.4. The minimum Gasteiger partial charge on any atom is -0.347 e. The highest BCUT2D eigenvalue weighted by atomic mass is 35.5. The van der Waals surface area contributed by atoms with Crippen LogP contribution in [0.5, 0.6) is 0 Å². The Morgan fingerprint density at radius 2 is 1.79 bits per heavy atom. The van der Waals surface area contributed by atoms with Gasteiger partial charge in [0.25, 0.3) is 5.91 Å². The van der Waals surface area contributed by atoms with Gasteiger partial charge >= 0.3 is 0 Å². The standard InChI is InChI=1S/C19H17ClN2OS/c1-13-18(19(23)21-12-15-7-9-16(20)10-8-15)24-17(22-13)11-14-5-3-2-4-6-14/h2-10H,11-12H2,1H3,(H,21,23). The number of hydrogen-bond acceptors (Lipinski definition) is 3. The number of hydrogen-bond donors (Lipinski definition) is 1. The van der Waals surface area contributed by atoms with E-state index in [1.54, 1.807) is 0 Å². The maximum Gasteiger partial charge on any atom is 0.263 e. The first kappa shape index (κ1) is 16.7. The summed E-state index contributed by atoms with van der Waals surface area (Å²) in [6, 6.07) is 17.6. The maximum absolute atomic E-state index is 12.4. The second-order valence-electron chi connectivity index (χ2n) is 5.49. The van der Waals surface area contributed by atoms with Crippen LogP contribution in [0.2, 0.25) is 5.02 Å². The van der Waals surface area contributed by atoms with Crippen molar-refractivity contribution in [1.82, 2.24) is 10.3 Å². The van der Waals surface area contributed by atoms with Crippen LogP contribution in [0.15, 0.2) is 54.6 Å². The fourth-order valence-electron chi connectivity index (χ4n) is 2.37. The summed E-state index contributed by atoms with van der Waals surface area (Å²) < 4.78 is 0. The third-order valence-electron chi connectivity index (χ3n) is 3.61. The van der Waals surface area contributed by atoms with Gasteiger partial charge in [-0.15, -0.1) is 11.3 Å². The van der Waals surface area contributed by atoms with Crippen LogP contribution in [0, 0.1) is 6.92 Å². The molecule has 122 valence electrons. The van der Waals surface area contributed by atoms with E-state index in [1.165, 1.54) is 16.9 Å². The van der Waals surface area contributed by atoms with E-state index >= 15 is 0 Å². The van der Waals surface area contributed by atoms with Crippen LogP contribution in [0.4, 0.5) is 0 Å². The number of rotatable bonds is 5. The average molecular weight is 357 g/mol. The minimum atomic E-state index is -0.0840. The highest BCUT2D eigenvalue weighted by Gasteiger charge is 2.15. The normalized spacial score (nSPS) is 10.6. The molecule has 1 N–H and O–H groups in total. The van der Waals surface area contributed by atoms with E-state index in [0.29, 0.717) is 16.4 Å². The van der Waals surface area contributed by atoms with Crippen LogP contribution in [0.25, 0.3) is 0 Å². The molecule has 0 bridgehead atoms. The zero-order valence-electron chi connectivity index (χ0n) is 13.3. The Morgan fingerprint density at radius 1 is 1.08 bits per heavy atom. The number of nitrogens with one attached hydrogen (secondary N) is 1. The van der Waals surface area contributed by atoms with Crippen molar-refractivity contribution >= 4 is 28.8 Å². The molecule has 0 spiro atoms. The van der Waals surface area contributed by atoms with E-state index in [0.717, 1.165) is 22.7 Å². The van der Waals surface area contributed by atoms with Crippen molar-refractivity contribution in [1.29, 1.82) is 0 Å². The molecule has 0 radical (unpaired) electrons. The Morgan fingerprint density at radius 3 is 2.50 bits per heavy atom. The van der Waals surface area contributed by atoms with Crippen molar-refractivity contribution in [2.45, 2.75) is 19.9 Å². The summed E-state index contributed by atoms with van der Waals surface area (Å²) in [5.74, 6) is -0.0840. The van der Waals surface area contributed by atoms with Crippen molar-refractivity contribution in [3.05, 3.63) is 86.3 Å². The Hall–Kier alpha value is -2.17. The van der Waals surface area contributed by atoms with Gasteiger partial charge in [-0.3, -0.25) is 4.79 Å². The fourth-order valence-corrected chi connectivity index (χ4v) is 3.52. The second kappa shape index (κ2) is 7.60. The molecule has 5 heteroatoms. The van der Waals surface area contributed by atoms with Gasteiger partial charge in [0.2, 0.25) is 0 Å². The van der Waals surface area contributed by atoms with Gasteiger partial charge in [-0.2, -0.15) is 0 Å². The number of benzene rings is 2. The van der Waals surface area contributed by atoms with Gasteiger partial charge in [0.1, 0.15) is 4.88 Å². The quantitative estimate of drug-likeness (QED) is 0.724.